The average Bonchev–Trinajstić information content (AvgIpc) is 2.23. The van der Waals surface area contributed by atoms with Gasteiger partial charge in [-0.05, 0) is 57.0 Å². The molecule has 2 aromatic rings. The summed E-state index contributed by atoms with van der Waals surface area (Å²) in [5, 5.41) is 0. The molecule has 0 bridgehead atoms. The van der Waals surface area contributed by atoms with Gasteiger partial charge in [0.25, 0.3) is 0 Å². The molecular weight excluding hydrogens is 276 g/mol. The molecule has 88 valence electrons. The Hall–Kier alpha value is -1.22. The van der Waals surface area contributed by atoms with E-state index in [0.29, 0.717) is 0 Å². The van der Waals surface area contributed by atoms with Crippen molar-refractivity contribution in [2.75, 3.05) is 0 Å². The Morgan fingerprint density at radius 2 is 1.47 bits per heavy atom. The zero-order valence-electron chi connectivity index (χ0n) is 10.5. The van der Waals surface area contributed by atoms with Crippen LogP contribution in [-0.4, -0.2) is 9.97 Å². The van der Waals surface area contributed by atoms with E-state index < -0.39 is 0 Å². The number of aryl methyl sites for hydroxylation is 4. The first-order valence-electron chi connectivity index (χ1n) is 5.57. The summed E-state index contributed by atoms with van der Waals surface area (Å²) in [6, 6.07) is 6.33. The first kappa shape index (κ1) is 12.2. The second-order valence-electron chi connectivity index (χ2n) is 4.37. The van der Waals surface area contributed by atoms with Crippen molar-refractivity contribution in [2.45, 2.75) is 27.7 Å². The van der Waals surface area contributed by atoms with Gasteiger partial charge in [0.2, 0.25) is 0 Å². The minimum absolute atomic E-state index is 0.818. The van der Waals surface area contributed by atoms with Gasteiger partial charge in [-0.25, -0.2) is 9.97 Å². The zero-order chi connectivity index (χ0) is 12.6. The van der Waals surface area contributed by atoms with Crippen LogP contribution >= 0.6 is 15.9 Å². The van der Waals surface area contributed by atoms with Gasteiger partial charge in [-0.1, -0.05) is 15.9 Å². The lowest BCUT2D eigenvalue weighted by molar-refractivity contribution is 1.02. The monoisotopic (exact) mass is 290 g/mol. The van der Waals surface area contributed by atoms with E-state index in [1.54, 1.807) is 0 Å². The van der Waals surface area contributed by atoms with E-state index in [9.17, 15) is 0 Å². The normalized spacial score (nSPS) is 10.6. The van der Waals surface area contributed by atoms with E-state index in [1.165, 1.54) is 15.6 Å². The molecule has 0 amide bonds. The summed E-state index contributed by atoms with van der Waals surface area (Å²) in [5.41, 5.74) is 5.61. The number of hydrogen-bond acceptors (Lipinski definition) is 2. The van der Waals surface area contributed by atoms with Gasteiger partial charge >= 0.3 is 0 Å². The van der Waals surface area contributed by atoms with Crippen molar-refractivity contribution in [1.29, 1.82) is 0 Å². The van der Waals surface area contributed by atoms with Gasteiger partial charge < -0.3 is 0 Å². The fourth-order valence-corrected chi connectivity index (χ4v) is 2.19. The summed E-state index contributed by atoms with van der Waals surface area (Å²) in [6.45, 7) is 8.12. The Balaban J connectivity index is 2.60. The minimum atomic E-state index is 0.818. The van der Waals surface area contributed by atoms with Gasteiger partial charge in [0.05, 0.1) is 5.69 Å². The first-order valence-corrected chi connectivity index (χ1v) is 6.36. The zero-order valence-corrected chi connectivity index (χ0v) is 12.1. The predicted octanol–water partition coefficient (Wildman–Crippen LogP) is 4.14. The molecule has 0 aliphatic heterocycles. The van der Waals surface area contributed by atoms with E-state index in [-0.39, 0.29) is 0 Å². The van der Waals surface area contributed by atoms with E-state index in [0.717, 1.165) is 22.8 Å². The molecule has 2 rings (SSSR count). The fourth-order valence-electron chi connectivity index (χ4n) is 1.96. The number of rotatable bonds is 1. The fraction of sp³-hybridized carbons (Fsp3) is 0.286. The molecule has 0 fully saturated rings. The lowest BCUT2D eigenvalue weighted by atomic mass is 10.0. The maximum atomic E-state index is 4.49. The minimum Gasteiger partial charge on any atom is -0.239 e. The molecule has 2 nitrogen and oxygen atoms in total. The second kappa shape index (κ2) is 4.57. The van der Waals surface area contributed by atoms with Crippen LogP contribution in [0.25, 0.3) is 11.3 Å². The predicted molar refractivity (Wildman–Crippen MR) is 74.1 cm³/mol. The van der Waals surface area contributed by atoms with Crippen LogP contribution in [0, 0.1) is 27.7 Å². The molecule has 0 atom stereocenters. The standard InChI is InChI=1S/C14H15BrN2/c1-8-5-12(6-9(2)14(8)15)13-7-10(3)16-11(4)17-13/h5-7H,1-4H3. The molecule has 1 aromatic heterocycles. The van der Waals surface area contributed by atoms with Gasteiger partial charge in [0.15, 0.2) is 0 Å². The number of aromatic nitrogens is 2. The smallest absolute Gasteiger partial charge is 0.126 e. The Morgan fingerprint density at radius 1 is 0.882 bits per heavy atom. The molecule has 17 heavy (non-hydrogen) atoms. The van der Waals surface area contributed by atoms with Gasteiger partial charge in [-0.15, -0.1) is 0 Å². The number of benzene rings is 1. The van der Waals surface area contributed by atoms with Crippen LogP contribution < -0.4 is 0 Å². The van der Waals surface area contributed by atoms with Crippen molar-refractivity contribution in [3.63, 3.8) is 0 Å². The molecule has 0 unspecified atom stereocenters. The number of halogens is 1. The molecule has 1 aromatic carbocycles. The average molecular weight is 291 g/mol. The van der Waals surface area contributed by atoms with E-state index >= 15 is 0 Å². The van der Waals surface area contributed by atoms with Gasteiger partial charge in [-0.3, -0.25) is 0 Å². The number of nitrogens with zero attached hydrogens (tertiary/aromatic N) is 2. The highest BCUT2D eigenvalue weighted by atomic mass is 79.9. The van der Waals surface area contributed by atoms with Crippen LogP contribution in [-0.2, 0) is 0 Å². The summed E-state index contributed by atoms with van der Waals surface area (Å²) in [5.74, 6) is 0.818. The van der Waals surface area contributed by atoms with Crippen LogP contribution in [0.2, 0.25) is 0 Å². The van der Waals surface area contributed by atoms with Crippen LogP contribution in [0.15, 0.2) is 22.7 Å². The largest absolute Gasteiger partial charge is 0.239 e. The topological polar surface area (TPSA) is 25.8 Å². The van der Waals surface area contributed by atoms with Crippen molar-refractivity contribution in [3.8, 4) is 11.3 Å². The van der Waals surface area contributed by atoms with Crippen molar-refractivity contribution < 1.29 is 0 Å². The molecule has 0 aliphatic carbocycles. The third kappa shape index (κ3) is 2.55. The maximum absolute atomic E-state index is 4.49. The van der Waals surface area contributed by atoms with Crippen molar-refractivity contribution in [1.82, 2.24) is 9.97 Å². The van der Waals surface area contributed by atoms with Crippen LogP contribution in [0.3, 0.4) is 0 Å². The summed E-state index contributed by atoms with van der Waals surface area (Å²) in [6.07, 6.45) is 0. The van der Waals surface area contributed by atoms with Gasteiger partial charge in [0.1, 0.15) is 5.82 Å². The highest BCUT2D eigenvalue weighted by Gasteiger charge is 2.06. The Morgan fingerprint density at radius 3 is 2.00 bits per heavy atom. The SMILES string of the molecule is Cc1cc(-c2cc(C)c(Br)c(C)c2)nc(C)n1. The summed E-state index contributed by atoms with van der Waals surface area (Å²) < 4.78 is 1.17. The second-order valence-corrected chi connectivity index (χ2v) is 5.16. The highest BCUT2D eigenvalue weighted by molar-refractivity contribution is 9.10. The molecule has 0 saturated heterocycles. The summed E-state index contributed by atoms with van der Waals surface area (Å²) in [7, 11) is 0. The molecule has 3 heteroatoms. The summed E-state index contributed by atoms with van der Waals surface area (Å²) in [4.78, 5) is 8.79. The molecular formula is C14H15BrN2. The molecule has 1 heterocycles. The van der Waals surface area contributed by atoms with E-state index in [4.69, 9.17) is 0 Å². The lowest BCUT2D eigenvalue weighted by Crippen LogP contribution is -1.95. The molecule has 0 spiro atoms. The molecule has 0 radical (unpaired) electrons. The molecule has 0 saturated carbocycles. The van der Waals surface area contributed by atoms with Crippen LogP contribution in [0.1, 0.15) is 22.6 Å². The van der Waals surface area contributed by atoms with Gasteiger partial charge in [0, 0.05) is 15.7 Å². The lowest BCUT2D eigenvalue weighted by Gasteiger charge is -2.08. The molecule has 0 aliphatic rings. The van der Waals surface area contributed by atoms with Crippen LogP contribution in [0.4, 0.5) is 0 Å². The van der Waals surface area contributed by atoms with Crippen molar-refractivity contribution in [2.24, 2.45) is 0 Å². The first-order chi connectivity index (χ1) is 7.97. The third-order valence-electron chi connectivity index (χ3n) is 2.70. The maximum Gasteiger partial charge on any atom is 0.126 e. The Bertz CT molecular complexity index is 533. The molecule has 0 N–H and O–H groups in total. The van der Waals surface area contributed by atoms with Crippen LogP contribution in [0.5, 0.6) is 0 Å². The quantitative estimate of drug-likeness (QED) is 0.789. The number of hydrogen-bond donors (Lipinski definition) is 0. The Labute approximate surface area is 110 Å². The Kier molecular flexibility index (Phi) is 3.29. The van der Waals surface area contributed by atoms with Gasteiger partial charge in [-0.2, -0.15) is 0 Å². The van der Waals surface area contributed by atoms with Crippen molar-refractivity contribution in [3.05, 3.63) is 45.3 Å². The van der Waals surface area contributed by atoms with E-state index in [1.807, 2.05) is 19.9 Å². The third-order valence-corrected chi connectivity index (χ3v) is 3.95. The summed E-state index contributed by atoms with van der Waals surface area (Å²) >= 11 is 3.58. The van der Waals surface area contributed by atoms with E-state index in [2.05, 4.69) is 51.9 Å². The highest BCUT2D eigenvalue weighted by Crippen LogP contribution is 2.27. The van der Waals surface area contributed by atoms with Crippen molar-refractivity contribution >= 4 is 15.9 Å².